The first kappa shape index (κ1) is 28.2. The largest absolute Gasteiger partial charge is 0.487 e. The standard InChI is InChI=1S/C28H20Br2Cl2N2O4S/c29-20-9-17(10-21(30)26(20)38-15-16-5-6-22(31)23(32)11-16)12-24-27(36)34(28(37)39-24)14-25(35)33-8-7-18-3-1-2-4-19(18)13-33/h1-6,9-12H,7-8,13-15H2/b24-12-. The Morgan fingerprint density at radius 2 is 1.72 bits per heavy atom. The van der Waals surface area contributed by atoms with Gasteiger partial charge in [-0.05, 0) is 103 Å². The Morgan fingerprint density at radius 1 is 1.00 bits per heavy atom. The lowest BCUT2D eigenvalue weighted by Crippen LogP contribution is -2.44. The summed E-state index contributed by atoms with van der Waals surface area (Å²) in [5.41, 5.74) is 3.84. The molecule has 2 aliphatic rings. The fraction of sp³-hybridized carbons (Fsp3) is 0.179. The molecular weight excluding hydrogens is 691 g/mol. The highest BCUT2D eigenvalue weighted by atomic mass is 79.9. The van der Waals surface area contributed by atoms with E-state index in [1.165, 1.54) is 5.56 Å². The maximum absolute atomic E-state index is 13.1. The van der Waals surface area contributed by atoms with Crippen LogP contribution in [0.25, 0.3) is 6.08 Å². The molecule has 200 valence electrons. The lowest BCUT2D eigenvalue weighted by molar-refractivity contribution is -0.136. The van der Waals surface area contributed by atoms with Crippen LogP contribution < -0.4 is 4.74 Å². The molecule has 3 amide bonds. The fourth-order valence-electron chi connectivity index (χ4n) is 4.32. The van der Waals surface area contributed by atoms with Crippen molar-refractivity contribution in [1.29, 1.82) is 0 Å². The third kappa shape index (κ3) is 6.38. The zero-order chi connectivity index (χ0) is 27.7. The van der Waals surface area contributed by atoms with Crippen LogP contribution in [-0.2, 0) is 29.2 Å². The number of thioether (sulfide) groups is 1. The monoisotopic (exact) mass is 708 g/mol. The summed E-state index contributed by atoms with van der Waals surface area (Å²) >= 11 is 19.9. The van der Waals surface area contributed by atoms with E-state index in [9.17, 15) is 14.4 Å². The number of halogens is 4. The summed E-state index contributed by atoms with van der Waals surface area (Å²) in [6, 6.07) is 16.8. The van der Waals surface area contributed by atoms with Crippen molar-refractivity contribution >= 4 is 90.0 Å². The van der Waals surface area contributed by atoms with Gasteiger partial charge < -0.3 is 9.64 Å². The van der Waals surface area contributed by atoms with Gasteiger partial charge in [0, 0.05) is 13.1 Å². The van der Waals surface area contributed by atoms with Gasteiger partial charge in [-0.2, -0.15) is 0 Å². The molecule has 0 atom stereocenters. The number of hydrogen-bond donors (Lipinski definition) is 0. The molecule has 2 heterocycles. The van der Waals surface area contributed by atoms with Crippen LogP contribution in [0.2, 0.25) is 10.0 Å². The van der Waals surface area contributed by atoms with Gasteiger partial charge in [0.05, 0.1) is 23.9 Å². The van der Waals surface area contributed by atoms with E-state index in [1.807, 2.05) is 24.3 Å². The number of carbonyl (C=O) groups is 3. The summed E-state index contributed by atoms with van der Waals surface area (Å²) in [6.45, 7) is 1.02. The molecule has 2 aliphatic heterocycles. The van der Waals surface area contributed by atoms with Crippen LogP contribution in [0.5, 0.6) is 5.75 Å². The first-order valence-electron chi connectivity index (χ1n) is 11.9. The summed E-state index contributed by atoms with van der Waals surface area (Å²) in [7, 11) is 0. The van der Waals surface area contributed by atoms with E-state index < -0.39 is 11.1 Å². The Kier molecular flexibility index (Phi) is 8.73. The summed E-state index contributed by atoms with van der Waals surface area (Å²) < 4.78 is 7.27. The number of imide groups is 1. The summed E-state index contributed by atoms with van der Waals surface area (Å²) in [5, 5.41) is 0.457. The molecule has 11 heteroatoms. The highest BCUT2D eigenvalue weighted by molar-refractivity contribution is 9.11. The van der Waals surface area contributed by atoms with E-state index in [0.717, 1.165) is 34.2 Å². The van der Waals surface area contributed by atoms with Crippen molar-refractivity contribution in [2.45, 2.75) is 19.6 Å². The van der Waals surface area contributed by atoms with Gasteiger partial charge in [0.15, 0.2) is 0 Å². The number of benzene rings is 3. The van der Waals surface area contributed by atoms with E-state index in [2.05, 4.69) is 37.9 Å². The predicted octanol–water partition coefficient (Wildman–Crippen LogP) is 7.72. The second-order valence-corrected chi connectivity index (χ2v) is 12.5. The average molecular weight is 711 g/mol. The molecule has 0 unspecified atom stereocenters. The maximum atomic E-state index is 13.1. The van der Waals surface area contributed by atoms with Gasteiger partial charge >= 0.3 is 0 Å². The molecule has 1 saturated heterocycles. The van der Waals surface area contributed by atoms with Gasteiger partial charge in [0.25, 0.3) is 11.1 Å². The molecule has 0 bridgehead atoms. The molecule has 0 N–H and O–H groups in total. The van der Waals surface area contributed by atoms with Gasteiger partial charge in [-0.3, -0.25) is 19.3 Å². The average Bonchev–Trinajstić information content (AvgIpc) is 3.17. The Hall–Kier alpha value is -2.30. The minimum absolute atomic E-state index is 0.248. The van der Waals surface area contributed by atoms with Crippen molar-refractivity contribution in [3.8, 4) is 5.75 Å². The smallest absolute Gasteiger partial charge is 0.294 e. The number of ether oxygens (including phenoxy) is 1. The topological polar surface area (TPSA) is 66.9 Å². The van der Waals surface area contributed by atoms with Crippen LogP contribution in [0, 0.1) is 0 Å². The fourth-order valence-corrected chi connectivity index (χ4v) is 6.93. The molecule has 39 heavy (non-hydrogen) atoms. The highest BCUT2D eigenvalue weighted by Gasteiger charge is 2.37. The Labute approximate surface area is 256 Å². The van der Waals surface area contributed by atoms with E-state index in [0.29, 0.717) is 43.4 Å². The predicted molar refractivity (Wildman–Crippen MR) is 161 cm³/mol. The van der Waals surface area contributed by atoms with Crippen molar-refractivity contribution in [3.05, 3.63) is 101 Å². The molecule has 3 aromatic rings. The molecule has 3 aromatic carbocycles. The Bertz CT molecular complexity index is 1510. The third-order valence-corrected chi connectivity index (χ3v) is 9.16. The number of hydrogen-bond acceptors (Lipinski definition) is 5. The SMILES string of the molecule is O=C(CN1C(=O)S/C(=C\c2cc(Br)c(OCc3ccc(Cl)c(Cl)c3)c(Br)c2)C1=O)N1CCc2ccccc2C1. The number of rotatable bonds is 6. The third-order valence-electron chi connectivity index (χ3n) is 6.34. The normalized spacial score (nSPS) is 16.2. The number of nitrogens with zero attached hydrogens (tertiary/aromatic N) is 2. The van der Waals surface area contributed by atoms with Gasteiger partial charge in [0.2, 0.25) is 5.91 Å². The molecular formula is C28H20Br2Cl2N2O4S. The molecule has 1 fully saturated rings. The lowest BCUT2D eigenvalue weighted by atomic mass is 10.00. The molecule has 0 aliphatic carbocycles. The first-order chi connectivity index (χ1) is 18.7. The van der Waals surface area contributed by atoms with Gasteiger partial charge in [-0.25, -0.2) is 0 Å². The van der Waals surface area contributed by atoms with Crippen LogP contribution >= 0.6 is 66.8 Å². The van der Waals surface area contributed by atoms with Crippen molar-refractivity contribution in [2.75, 3.05) is 13.1 Å². The Balaban J connectivity index is 1.25. The Morgan fingerprint density at radius 3 is 2.44 bits per heavy atom. The molecule has 0 saturated carbocycles. The van der Waals surface area contributed by atoms with Crippen molar-refractivity contribution in [1.82, 2.24) is 9.80 Å². The minimum atomic E-state index is -0.483. The maximum Gasteiger partial charge on any atom is 0.294 e. The number of amides is 3. The molecule has 0 radical (unpaired) electrons. The minimum Gasteiger partial charge on any atom is -0.487 e. The quantitative estimate of drug-likeness (QED) is 0.245. The number of fused-ring (bicyclic) bond motifs is 1. The summed E-state index contributed by atoms with van der Waals surface area (Å²) in [6.07, 6.45) is 2.38. The van der Waals surface area contributed by atoms with Gasteiger partial charge in [0.1, 0.15) is 18.9 Å². The molecule has 6 nitrogen and oxygen atoms in total. The molecule has 0 spiro atoms. The summed E-state index contributed by atoms with van der Waals surface area (Å²) in [5.74, 6) is -0.162. The zero-order valence-electron chi connectivity index (χ0n) is 20.3. The van der Waals surface area contributed by atoms with Crippen LogP contribution in [0.3, 0.4) is 0 Å². The van der Waals surface area contributed by atoms with Crippen LogP contribution in [-0.4, -0.2) is 39.9 Å². The van der Waals surface area contributed by atoms with Crippen LogP contribution in [0.4, 0.5) is 4.79 Å². The highest BCUT2D eigenvalue weighted by Crippen LogP contribution is 2.38. The van der Waals surface area contributed by atoms with E-state index in [4.69, 9.17) is 27.9 Å². The molecule has 5 rings (SSSR count). The van der Waals surface area contributed by atoms with Crippen molar-refractivity contribution < 1.29 is 19.1 Å². The second-order valence-electron chi connectivity index (χ2n) is 8.95. The van der Waals surface area contributed by atoms with Crippen molar-refractivity contribution in [3.63, 3.8) is 0 Å². The van der Waals surface area contributed by atoms with Crippen molar-refractivity contribution in [2.24, 2.45) is 0 Å². The second kappa shape index (κ2) is 12.1. The molecule has 0 aromatic heterocycles. The zero-order valence-corrected chi connectivity index (χ0v) is 25.8. The van der Waals surface area contributed by atoms with E-state index in [-0.39, 0.29) is 24.0 Å². The van der Waals surface area contributed by atoms with E-state index in [1.54, 1.807) is 35.2 Å². The lowest BCUT2D eigenvalue weighted by Gasteiger charge is -2.29. The van der Waals surface area contributed by atoms with Gasteiger partial charge in [-0.1, -0.05) is 53.5 Å². The number of carbonyl (C=O) groups excluding carboxylic acids is 3. The van der Waals surface area contributed by atoms with Crippen LogP contribution in [0.15, 0.2) is 68.4 Å². The van der Waals surface area contributed by atoms with Gasteiger partial charge in [-0.15, -0.1) is 0 Å². The first-order valence-corrected chi connectivity index (χ1v) is 15.0. The summed E-state index contributed by atoms with van der Waals surface area (Å²) in [4.78, 5) is 41.6. The van der Waals surface area contributed by atoms with E-state index >= 15 is 0 Å². The van der Waals surface area contributed by atoms with Crippen LogP contribution in [0.1, 0.15) is 22.3 Å².